The lowest BCUT2D eigenvalue weighted by atomic mass is 9.91. The van der Waals surface area contributed by atoms with Gasteiger partial charge in [0.2, 0.25) is 0 Å². The van der Waals surface area contributed by atoms with Gasteiger partial charge in [0.05, 0.1) is 24.6 Å². The number of fused-ring (bicyclic) bond motifs is 4. The van der Waals surface area contributed by atoms with Crippen LogP contribution in [0.5, 0.6) is 5.75 Å². The highest BCUT2D eigenvalue weighted by molar-refractivity contribution is 5.97. The molecule has 0 saturated carbocycles. The lowest BCUT2D eigenvalue weighted by molar-refractivity contribution is -0.352. The highest BCUT2D eigenvalue weighted by Gasteiger charge is 2.51. The summed E-state index contributed by atoms with van der Waals surface area (Å²) in [6.07, 6.45) is -6.90. The van der Waals surface area contributed by atoms with Gasteiger partial charge in [-0.25, -0.2) is 9.59 Å². The molecule has 5 heterocycles. The second kappa shape index (κ2) is 12.4. The zero-order chi connectivity index (χ0) is 34.8. The van der Waals surface area contributed by atoms with Gasteiger partial charge in [-0.2, -0.15) is 0 Å². The van der Waals surface area contributed by atoms with Gasteiger partial charge in [-0.15, -0.1) is 0 Å². The van der Waals surface area contributed by atoms with Gasteiger partial charge in [-0.1, -0.05) is 0 Å². The maximum Gasteiger partial charge on any atom is 0.336 e. The predicted molar refractivity (Wildman–Crippen MR) is 174 cm³/mol. The van der Waals surface area contributed by atoms with Crippen LogP contribution in [0.25, 0.3) is 32.9 Å². The second-order valence-electron chi connectivity index (χ2n) is 13.8. The molecule has 49 heavy (non-hydrogen) atoms. The molecule has 0 spiro atoms. The number of aliphatic hydroxyl groups excluding tert-OH is 4. The third-order valence-corrected chi connectivity index (χ3v) is 9.56. The van der Waals surface area contributed by atoms with Gasteiger partial charge < -0.3 is 52.6 Å². The van der Waals surface area contributed by atoms with E-state index >= 15 is 0 Å². The van der Waals surface area contributed by atoms with E-state index in [0.717, 1.165) is 16.3 Å². The summed E-state index contributed by atoms with van der Waals surface area (Å²) in [5, 5.41) is 45.9. The van der Waals surface area contributed by atoms with E-state index in [1.54, 1.807) is 52.0 Å². The van der Waals surface area contributed by atoms with Gasteiger partial charge in [0.25, 0.3) is 0 Å². The topological polar surface area (TPSA) is 191 Å². The summed E-state index contributed by atoms with van der Waals surface area (Å²) in [7, 11) is 0. The van der Waals surface area contributed by atoms with Crippen LogP contribution in [0, 0.1) is 0 Å². The Morgan fingerprint density at radius 2 is 1.59 bits per heavy atom. The van der Waals surface area contributed by atoms with Crippen molar-refractivity contribution in [2.45, 2.75) is 94.7 Å². The van der Waals surface area contributed by atoms with Crippen molar-refractivity contribution in [1.29, 1.82) is 0 Å². The molecule has 0 unspecified atom stereocenters. The van der Waals surface area contributed by atoms with Crippen LogP contribution in [0.15, 0.2) is 77.6 Å². The number of rotatable bonds is 9. The fourth-order valence-corrected chi connectivity index (χ4v) is 6.63. The summed E-state index contributed by atoms with van der Waals surface area (Å²) in [4.78, 5) is 23.9. The minimum Gasteiger partial charge on any atom is -0.487 e. The van der Waals surface area contributed by atoms with E-state index in [4.69, 9.17) is 32.2 Å². The molecule has 0 amide bonds. The highest BCUT2D eigenvalue weighted by Crippen LogP contribution is 2.40. The number of furan rings is 1. The van der Waals surface area contributed by atoms with E-state index in [9.17, 15) is 30.0 Å². The maximum absolute atomic E-state index is 12.1. The Kier molecular flexibility index (Phi) is 8.43. The van der Waals surface area contributed by atoms with Gasteiger partial charge in [0.1, 0.15) is 58.6 Å². The third-order valence-electron chi connectivity index (χ3n) is 9.56. The maximum atomic E-state index is 12.1. The summed E-state index contributed by atoms with van der Waals surface area (Å²) in [6.45, 7) is 6.16. The first-order valence-corrected chi connectivity index (χ1v) is 16.1. The van der Waals surface area contributed by atoms with Crippen molar-refractivity contribution in [3.8, 4) is 5.75 Å². The van der Waals surface area contributed by atoms with Crippen molar-refractivity contribution in [3.63, 3.8) is 0 Å². The summed E-state index contributed by atoms with van der Waals surface area (Å²) < 4.78 is 41.6. The smallest absolute Gasteiger partial charge is 0.336 e. The molecule has 7 atom stereocenters. The number of hydrogen-bond donors (Lipinski definition) is 4. The Hall–Kier alpha value is -4.08. The molecule has 7 rings (SSSR count). The fourth-order valence-electron chi connectivity index (χ4n) is 6.63. The first-order valence-electron chi connectivity index (χ1n) is 16.1. The molecule has 260 valence electrons. The van der Waals surface area contributed by atoms with Crippen LogP contribution < -0.4 is 16.0 Å². The molecule has 1 saturated heterocycles. The molecule has 3 aromatic heterocycles. The Morgan fingerprint density at radius 1 is 0.878 bits per heavy atom. The van der Waals surface area contributed by atoms with Crippen LogP contribution in [0.1, 0.15) is 38.8 Å². The highest BCUT2D eigenvalue weighted by atomic mass is 16.7. The molecule has 13 nitrogen and oxygen atoms in total. The van der Waals surface area contributed by atoms with Crippen LogP contribution >= 0.6 is 0 Å². The second-order valence-corrected chi connectivity index (χ2v) is 13.8. The summed E-state index contributed by atoms with van der Waals surface area (Å²) in [5.41, 5.74) is -1.11. The van der Waals surface area contributed by atoms with Gasteiger partial charge in [0.15, 0.2) is 6.29 Å². The largest absolute Gasteiger partial charge is 0.487 e. The zero-order valence-electron chi connectivity index (χ0n) is 27.3. The van der Waals surface area contributed by atoms with Crippen LogP contribution in [0.2, 0.25) is 0 Å². The molecule has 5 aromatic rings. The van der Waals surface area contributed by atoms with Crippen LogP contribution in [0.3, 0.4) is 0 Å². The van der Waals surface area contributed by atoms with E-state index in [-0.39, 0.29) is 12.0 Å². The van der Waals surface area contributed by atoms with Crippen molar-refractivity contribution in [3.05, 3.63) is 86.8 Å². The minimum atomic E-state index is -1.58. The summed E-state index contributed by atoms with van der Waals surface area (Å²) >= 11 is 0. The molecule has 2 aromatic carbocycles. The molecule has 0 bridgehead atoms. The van der Waals surface area contributed by atoms with E-state index in [1.165, 1.54) is 18.4 Å². The normalized spacial score (nSPS) is 25.1. The Labute approximate surface area is 279 Å². The van der Waals surface area contributed by atoms with Gasteiger partial charge in [-0.3, -0.25) is 0 Å². The van der Waals surface area contributed by atoms with Crippen LogP contribution in [0.4, 0.5) is 0 Å². The molecule has 4 N–H and O–H groups in total. The monoisotopic (exact) mass is 678 g/mol. The lowest BCUT2D eigenvalue weighted by Crippen LogP contribution is -2.64. The molecule has 13 heteroatoms. The van der Waals surface area contributed by atoms with Crippen LogP contribution in [-0.4, -0.2) is 81.1 Å². The summed E-state index contributed by atoms with van der Waals surface area (Å²) in [6, 6.07) is 13.1. The molecule has 0 radical (unpaired) electrons. The zero-order valence-corrected chi connectivity index (χ0v) is 27.3. The molecular formula is C36H38O13. The molecule has 2 aliphatic rings. The third kappa shape index (κ3) is 6.16. The quantitative estimate of drug-likeness (QED) is 0.167. The number of benzene rings is 2. The first-order chi connectivity index (χ1) is 23.2. The number of ether oxygens (including phenoxy) is 4. The Morgan fingerprint density at radius 3 is 2.35 bits per heavy atom. The standard InChI is InChI=1S/C36H38O13/c1-35(2,25(38)14-21-31-19(9-10-43-31)12-18-6-8-28(40)47-32(18)21)48-33-30(42)29(41)24(16-37)46-34(33)49-36(3,4)26-13-20-11-17-5-7-27(39)45-22(17)15-23(20)44-26/h5-12,15,24-26,29-30,33-34,37-38,41-42H,13-14,16H2,1-4H3/t24-,25-,26+,29-,30+,33-,34+/m1/s1. The minimum absolute atomic E-state index is 0.0630. The molecule has 1 fully saturated rings. The fraction of sp³-hybridized carbons (Fsp3) is 0.444. The summed E-state index contributed by atoms with van der Waals surface area (Å²) in [5.74, 6) is 0.531. The molecular weight excluding hydrogens is 640 g/mol. The molecule has 0 aliphatic carbocycles. The lowest BCUT2D eigenvalue weighted by Gasteiger charge is -2.47. The van der Waals surface area contributed by atoms with Crippen molar-refractivity contribution < 1.29 is 52.6 Å². The average Bonchev–Trinajstić information content (AvgIpc) is 3.70. The van der Waals surface area contributed by atoms with E-state index < -0.39 is 72.0 Å². The Balaban J connectivity index is 1.14. The van der Waals surface area contributed by atoms with Gasteiger partial charge in [-0.05, 0) is 63.6 Å². The SMILES string of the molecule is CC(C)(O[C@H]1[C@H](OC(C)(C)[C@@H]2Cc3cc4ccc(=O)oc4cc3O2)O[C@H](CO)[C@@H](O)[C@@H]1O)[C@H](O)Cc1c2occc2cc2ccc(=O)oc12. The van der Waals surface area contributed by atoms with Crippen molar-refractivity contribution in [2.75, 3.05) is 6.61 Å². The predicted octanol–water partition coefficient (Wildman–Crippen LogP) is 2.95. The number of hydrogen-bond acceptors (Lipinski definition) is 13. The van der Waals surface area contributed by atoms with Crippen molar-refractivity contribution in [1.82, 2.24) is 0 Å². The van der Waals surface area contributed by atoms with Crippen molar-refractivity contribution in [2.24, 2.45) is 0 Å². The van der Waals surface area contributed by atoms with Crippen LogP contribution in [-0.2, 0) is 27.1 Å². The molecule has 2 aliphatic heterocycles. The van der Waals surface area contributed by atoms with Crippen molar-refractivity contribution >= 4 is 32.9 Å². The van der Waals surface area contributed by atoms with Gasteiger partial charge in [0, 0.05) is 52.8 Å². The van der Waals surface area contributed by atoms with Gasteiger partial charge >= 0.3 is 11.3 Å². The number of aliphatic hydroxyl groups is 4. The first kappa shape index (κ1) is 33.4. The van der Waals surface area contributed by atoms with E-state index in [0.29, 0.717) is 34.3 Å². The van der Waals surface area contributed by atoms with E-state index in [1.807, 2.05) is 12.1 Å². The Bertz CT molecular complexity index is 2120. The van der Waals surface area contributed by atoms with E-state index in [2.05, 4.69) is 0 Å². The average molecular weight is 679 g/mol.